The van der Waals surface area contributed by atoms with Crippen molar-refractivity contribution >= 4 is 21.8 Å². The number of ether oxygens (including phenoxy) is 2. The SMILES string of the molecule is COc1ccc(C(=O)NCC2CCOCC2)cc1Br. The molecule has 1 aliphatic rings. The number of benzene rings is 1. The van der Waals surface area contributed by atoms with Gasteiger partial charge in [0.2, 0.25) is 0 Å². The molecule has 1 aromatic rings. The van der Waals surface area contributed by atoms with Crippen molar-refractivity contribution in [1.29, 1.82) is 0 Å². The highest BCUT2D eigenvalue weighted by atomic mass is 79.9. The van der Waals surface area contributed by atoms with E-state index in [-0.39, 0.29) is 5.91 Å². The predicted molar refractivity (Wildman–Crippen MR) is 76.6 cm³/mol. The fourth-order valence-electron chi connectivity index (χ4n) is 2.10. The monoisotopic (exact) mass is 327 g/mol. The first-order valence-corrected chi connectivity index (χ1v) is 7.19. The fraction of sp³-hybridized carbons (Fsp3) is 0.500. The van der Waals surface area contributed by atoms with Crippen molar-refractivity contribution < 1.29 is 14.3 Å². The first kappa shape index (κ1) is 14.3. The Morgan fingerprint density at radius 3 is 2.84 bits per heavy atom. The van der Waals surface area contributed by atoms with Crippen molar-refractivity contribution in [3.8, 4) is 5.75 Å². The third-order valence-electron chi connectivity index (χ3n) is 3.31. The molecule has 0 bridgehead atoms. The number of hydrogen-bond donors (Lipinski definition) is 1. The molecule has 0 spiro atoms. The molecule has 1 fully saturated rings. The Labute approximate surface area is 121 Å². The van der Waals surface area contributed by atoms with Crippen LogP contribution in [0.4, 0.5) is 0 Å². The smallest absolute Gasteiger partial charge is 0.251 e. The standard InChI is InChI=1S/C14H18BrNO3/c1-18-13-3-2-11(8-12(13)15)14(17)16-9-10-4-6-19-7-5-10/h2-3,8,10H,4-7,9H2,1H3,(H,16,17). The number of carbonyl (C=O) groups excluding carboxylic acids is 1. The zero-order valence-corrected chi connectivity index (χ0v) is 12.5. The molecule has 5 heteroatoms. The number of methoxy groups -OCH3 is 1. The lowest BCUT2D eigenvalue weighted by atomic mass is 10.0. The van der Waals surface area contributed by atoms with E-state index in [4.69, 9.17) is 9.47 Å². The Morgan fingerprint density at radius 1 is 1.47 bits per heavy atom. The second kappa shape index (κ2) is 6.91. The molecule has 0 aliphatic carbocycles. The fourth-order valence-corrected chi connectivity index (χ4v) is 2.64. The van der Waals surface area contributed by atoms with Crippen molar-refractivity contribution in [3.05, 3.63) is 28.2 Å². The molecular formula is C14H18BrNO3. The van der Waals surface area contributed by atoms with Gasteiger partial charge in [0.15, 0.2) is 0 Å². The van der Waals surface area contributed by atoms with Crippen LogP contribution in [0.3, 0.4) is 0 Å². The van der Waals surface area contributed by atoms with Gasteiger partial charge in [0.25, 0.3) is 5.91 Å². The average molecular weight is 328 g/mol. The molecule has 1 amide bonds. The highest BCUT2D eigenvalue weighted by molar-refractivity contribution is 9.10. The summed E-state index contributed by atoms with van der Waals surface area (Å²) in [5, 5.41) is 2.98. The summed E-state index contributed by atoms with van der Waals surface area (Å²) in [6.07, 6.45) is 2.04. The maximum absolute atomic E-state index is 12.0. The molecule has 0 saturated carbocycles. The molecule has 2 rings (SSSR count). The van der Waals surface area contributed by atoms with Crippen LogP contribution in [0.2, 0.25) is 0 Å². The summed E-state index contributed by atoms with van der Waals surface area (Å²) in [5.41, 5.74) is 0.639. The van der Waals surface area contributed by atoms with Gasteiger partial charge in [0.1, 0.15) is 5.75 Å². The molecule has 19 heavy (non-hydrogen) atoms. The van der Waals surface area contributed by atoms with Gasteiger partial charge in [0.05, 0.1) is 11.6 Å². The Kier molecular flexibility index (Phi) is 5.22. The van der Waals surface area contributed by atoms with Crippen LogP contribution < -0.4 is 10.1 Å². The van der Waals surface area contributed by atoms with Crippen LogP contribution in [-0.2, 0) is 4.74 Å². The number of hydrogen-bond acceptors (Lipinski definition) is 3. The van der Waals surface area contributed by atoms with Gasteiger partial charge in [0, 0.05) is 25.3 Å². The zero-order chi connectivity index (χ0) is 13.7. The third-order valence-corrected chi connectivity index (χ3v) is 3.93. The maximum Gasteiger partial charge on any atom is 0.251 e. The summed E-state index contributed by atoms with van der Waals surface area (Å²) in [6.45, 7) is 2.31. The van der Waals surface area contributed by atoms with Crippen LogP contribution in [0.25, 0.3) is 0 Å². The van der Waals surface area contributed by atoms with Gasteiger partial charge in [-0.05, 0) is 52.9 Å². The van der Waals surface area contributed by atoms with E-state index in [2.05, 4.69) is 21.2 Å². The van der Waals surface area contributed by atoms with Crippen LogP contribution in [0.15, 0.2) is 22.7 Å². The van der Waals surface area contributed by atoms with Gasteiger partial charge in [-0.25, -0.2) is 0 Å². The first-order chi connectivity index (χ1) is 9.20. The summed E-state index contributed by atoms with van der Waals surface area (Å²) in [4.78, 5) is 12.0. The first-order valence-electron chi connectivity index (χ1n) is 6.40. The number of amides is 1. The lowest BCUT2D eigenvalue weighted by molar-refractivity contribution is 0.0642. The van der Waals surface area contributed by atoms with E-state index < -0.39 is 0 Å². The molecule has 0 radical (unpaired) electrons. The summed E-state index contributed by atoms with van der Waals surface area (Å²) in [5.74, 6) is 1.20. The molecule has 0 atom stereocenters. The molecule has 1 saturated heterocycles. The summed E-state index contributed by atoms with van der Waals surface area (Å²) in [7, 11) is 1.60. The molecule has 0 unspecified atom stereocenters. The Balaban J connectivity index is 1.90. The topological polar surface area (TPSA) is 47.6 Å². The van der Waals surface area contributed by atoms with Crippen molar-refractivity contribution in [1.82, 2.24) is 5.32 Å². The van der Waals surface area contributed by atoms with Gasteiger partial charge in [-0.15, -0.1) is 0 Å². The molecule has 0 aromatic heterocycles. The van der Waals surface area contributed by atoms with E-state index in [1.54, 1.807) is 25.3 Å². The van der Waals surface area contributed by atoms with Crippen LogP contribution in [0.5, 0.6) is 5.75 Å². The molecule has 1 heterocycles. The van der Waals surface area contributed by atoms with Gasteiger partial charge in [-0.2, -0.15) is 0 Å². The van der Waals surface area contributed by atoms with Crippen molar-refractivity contribution in [3.63, 3.8) is 0 Å². The quantitative estimate of drug-likeness (QED) is 0.924. The second-order valence-corrected chi connectivity index (χ2v) is 5.47. The van der Waals surface area contributed by atoms with E-state index in [0.717, 1.165) is 36.3 Å². The normalized spacial score (nSPS) is 16.1. The van der Waals surface area contributed by atoms with Crippen molar-refractivity contribution in [2.75, 3.05) is 26.9 Å². The molecule has 1 aliphatic heterocycles. The summed E-state index contributed by atoms with van der Waals surface area (Å²) in [6, 6.07) is 5.33. The molecule has 1 N–H and O–H groups in total. The summed E-state index contributed by atoms with van der Waals surface area (Å²) >= 11 is 3.38. The Bertz CT molecular complexity index is 444. The zero-order valence-electron chi connectivity index (χ0n) is 10.9. The van der Waals surface area contributed by atoms with Crippen LogP contribution in [0.1, 0.15) is 23.2 Å². The number of rotatable bonds is 4. The largest absolute Gasteiger partial charge is 0.496 e. The van der Waals surface area contributed by atoms with E-state index in [0.29, 0.717) is 18.0 Å². The van der Waals surface area contributed by atoms with Gasteiger partial charge >= 0.3 is 0 Å². The van der Waals surface area contributed by atoms with Crippen molar-refractivity contribution in [2.45, 2.75) is 12.8 Å². The molecule has 1 aromatic carbocycles. The second-order valence-electron chi connectivity index (χ2n) is 4.62. The molecule has 4 nitrogen and oxygen atoms in total. The van der Waals surface area contributed by atoms with Crippen LogP contribution in [0, 0.1) is 5.92 Å². The minimum absolute atomic E-state index is 0.0464. The van der Waals surface area contributed by atoms with Gasteiger partial charge in [-0.1, -0.05) is 0 Å². The van der Waals surface area contributed by atoms with E-state index in [1.165, 1.54) is 0 Å². The van der Waals surface area contributed by atoms with Gasteiger partial charge in [-0.3, -0.25) is 4.79 Å². The van der Waals surface area contributed by atoms with Crippen molar-refractivity contribution in [2.24, 2.45) is 5.92 Å². The van der Waals surface area contributed by atoms with E-state index >= 15 is 0 Å². The predicted octanol–water partition coefficient (Wildman–Crippen LogP) is 2.61. The Hall–Kier alpha value is -1.07. The van der Waals surface area contributed by atoms with E-state index in [1.807, 2.05) is 0 Å². The lowest BCUT2D eigenvalue weighted by Crippen LogP contribution is -2.32. The highest BCUT2D eigenvalue weighted by Gasteiger charge is 2.15. The van der Waals surface area contributed by atoms with Gasteiger partial charge < -0.3 is 14.8 Å². The van der Waals surface area contributed by atoms with Crippen LogP contribution in [-0.4, -0.2) is 32.8 Å². The number of carbonyl (C=O) groups is 1. The van der Waals surface area contributed by atoms with Crippen LogP contribution >= 0.6 is 15.9 Å². The Morgan fingerprint density at radius 2 is 2.21 bits per heavy atom. The molecular weight excluding hydrogens is 310 g/mol. The summed E-state index contributed by atoms with van der Waals surface area (Å²) < 4.78 is 11.2. The average Bonchev–Trinajstić information content (AvgIpc) is 2.45. The lowest BCUT2D eigenvalue weighted by Gasteiger charge is -2.22. The number of halogens is 1. The maximum atomic E-state index is 12.0. The number of nitrogens with one attached hydrogen (secondary N) is 1. The van der Waals surface area contributed by atoms with E-state index in [9.17, 15) is 4.79 Å². The minimum Gasteiger partial charge on any atom is -0.496 e. The third kappa shape index (κ3) is 3.94. The minimum atomic E-state index is -0.0464. The molecule has 104 valence electrons. The highest BCUT2D eigenvalue weighted by Crippen LogP contribution is 2.25.